The van der Waals surface area contributed by atoms with E-state index in [2.05, 4.69) is 13.8 Å². The van der Waals surface area contributed by atoms with E-state index in [1.165, 1.54) is 0 Å². The van der Waals surface area contributed by atoms with E-state index in [9.17, 15) is 9.90 Å². The highest BCUT2D eigenvalue weighted by Gasteiger charge is 2.36. The lowest BCUT2D eigenvalue weighted by Gasteiger charge is -2.32. The van der Waals surface area contributed by atoms with Gasteiger partial charge in [-0.3, -0.25) is 4.79 Å². The molecule has 5 nitrogen and oxygen atoms in total. The number of carboxylic acids is 1. The first-order chi connectivity index (χ1) is 13.8. The lowest BCUT2D eigenvalue weighted by atomic mass is 9.82. The summed E-state index contributed by atoms with van der Waals surface area (Å²) >= 11 is 6.07. The lowest BCUT2D eigenvalue weighted by molar-refractivity contribution is -0.148. The van der Waals surface area contributed by atoms with Crippen molar-refractivity contribution in [2.45, 2.75) is 38.7 Å². The quantitative estimate of drug-likeness (QED) is 0.569. The van der Waals surface area contributed by atoms with Gasteiger partial charge in [0, 0.05) is 16.0 Å². The third-order valence-corrected chi connectivity index (χ3v) is 5.64. The standard InChI is InChI=1S/C23H22ClNO4/c1-12(2)21-20(13-3-5-15(24)6-4-13)18-8-7-16(26)11-19(18)22(25-21)29-17-9-14(10-17)23(27)28/h3-8,11-12,14,17,26H,9-10H2,1-2H3,(H,27,28). The molecule has 0 saturated heterocycles. The van der Waals surface area contributed by atoms with Crippen LogP contribution in [0.5, 0.6) is 11.6 Å². The van der Waals surface area contributed by atoms with Gasteiger partial charge in [0.05, 0.1) is 11.6 Å². The van der Waals surface area contributed by atoms with Gasteiger partial charge in [-0.2, -0.15) is 0 Å². The maximum Gasteiger partial charge on any atom is 0.306 e. The smallest absolute Gasteiger partial charge is 0.306 e. The van der Waals surface area contributed by atoms with E-state index < -0.39 is 5.97 Å². The van der Waals surface area contributed by atoms with Crippen LogP contribution in [-0.4, -0.2) is 27.3 Å². The number of fused-ring (bicyclic) bond motifs is 1. The number of aliphatic carboxylic acids is 1. The van der Waals surface area contributed by atoms with Crippen LogP contribution in [0.15, 0.2) is 42.5 Å². The van der Waals surface area contributed by atoms with Crippen molar-refractivity contribution in [1.29, 1.82) is 0 Å². The van der Waals surface area contributed by atoms with E-state index in [4.69, 9.17) is 26.4 Å². The minimum Gasteiger partial charge on any atom is -0.508 e. The van der Waals surface area contributed by atoms with Gasteiger partial charge in [-0.25, -0.2) is 4.98 Å². The van der Waals surface area contributed by atoms with Crippen molar-refractivity contribution in [1.82, 2.24) is 4.98 Å². The molecule has 150 valence electrons. The van der Waals surface area contributed by atoms with Gasteiger partial charge in [0.2, 0.25) is 5.88 Å². The zero-order valence-corrected chi connectivity index (χ0v) is 17.0. The number of pyridine rings is 1. The summed E-state index contributed by atoms with van der Waals surface area (Å²) in [6, 6.07) is 12.8. The third kappa shape index (κ3) is 3.75. The Morgan fingerprint density at radius 3 is 2.45 bits per heavy atom. The molecule has 0 amide bonds. The Labute approximate surface area is 173 Å². The molecule has 0 atom stereocenters. The van der Waals surface area contributed by atoms with Crippen LogP contribution in [0.25, 0.3) is 21.9 Å². The number of hydrogen-bond donors (Lipinski definition) is 2. The molecule has 4 rings (SSSR count). The van der Waals surface area contributed by atoms with E-state index in [-0.39, 0.29) is 23.7 Å². The van der Waals surface area contributed by atoms with Gasteiger partial charge in [-0.15, -0.1) is 0 Å². The van der Waals surface area contributed by atoms with Gasteiger partial charge in [-0.1, -0.05) is 37.6 Å². The number of phenolic OH excluding ortho intramolecular Hbond substituents is 1. The first kappa shape index (κ1) is 19.5. The van der Waals surface area contributed by atoms with Crippen molar-refractivity contribution in [3.63, 3.8) is 0 Å². The molecule has 29 heavy (non-hydrogen) atoms. The lowest BCUT2D eigenvalue weighted by Crippen LogP contribution is -2.38. The van der Waals surface area contributed by atoms with Crippen LogP contribution in [0, 0.1) is 5.92 Å². The molecule has 0 aliphatic heterocycles. The summed E-state index contributed by atoms with van der Waals surface area (Å²) in [5.41, 5.74) is 2.85. The van der Waals surface area contributed by atoms with Gasteiger partial charge >= 0.3 is 5.97 Å². The van der Waals surface area contributed by atoms with E-state index >= 15 is 0 Å². The number of ether oxygens (including phenoxy) is 1. The Balaban J connectivity index is 1.85. The van der Waals surface area contributed by atoms with Crippen molar-refractivity contribution >= 4 is 28.3 Å². The Morgan fingerprint density at radius 1 is 1.14 bits per heavy atom. The SMILES string of the molecule is CC(C)c1nc(OC2CC(C(=O)O)C2)c2cc(O)ccc2c1-c1ccc(Cl)cc1. The number of aromatic hydroxyl groups is 1. The molecule has 1 aliphatic carbocycles. The number of aromatic nitrogens is 1. The fourth-order valence-electron chi connectivity index (χ4n) is 3.74. The average molecular weight is 412 g/mol. The van der Waals surface area contributed by atoms with Crippen molar-refractivity contribution in [2.75, 3.05) is 0 Å². The minimum atomic E-state index is -0.790. The fourth-order valence-corrected chi connectivity index (χ4v) is 3.87. The first-order valence-corrected chi connectivity index (χ1v) is 10.0. The van der Waals surface area contributed by atoms with Crippen molar-refractivity contribution in [3.8, 4) is 22.8 Å². The molecular formula is C23H22ClNO4. The van der Waals surface area contributed by atoms with Crippen molar-refractivity contribution in [2.24, 2.45) is 5.92 Å². The van der Waals surface area contributed by atoms with Crippen LogP contribution >= 0.6 is 11.6 Å². The van der Waals surface area contributed by atoms with Crippen LogP contribution in [0.1, 0.15) is 38.3 Å². The molecule has 0 unspecified atom stereocenters. The van der Waals surface area contributed by atoms with Crippen LogP contribution in [0.2, 0.25) is 5.02 Å². The summed E-state index contributed by atoms with van der Waals surface area (Å²) in [4.78, 5) is 15.9. The van der Waals surface area contributed by atoms with E-state index in [0.29, 0.717) is 29.1 Å². The number of nitrogens with zero attached hydrogens (tertiary/aromatic N) is 1. The van der Waals surface area contributed by atoms with E-state index in [1.54, 1.807) is 12.1 Å². The van der Waals surface area contributed by atoms with Crippen LogP contribution in [0.3, 0.4) is 0 Å². The molecule has 1 aromatic heterocycles. The molecule has 1 heterocycles. The fraction of sp³-hybridized carbons (Fsp3) is 0.304. The highest BCUT2D eigenvalue weighted by molar-refractivity contribution is 6.30. The second kappa shape index (κ2) is 7.56. The zero-order valence-electron chi connectivity index (χ0n) is 16.2. The third-order valence-electron chi connectivity index (χ3n) is 5.38. The maximum absolute atomic E-state index is 11.1. The normalized spacial score (nSPS) is 18.6. The molecular weight excluding hydrogens is 390 g/mol. The topological polar surface area (TPSA) is 79.7 Å². The first-order valence-electron chi connectivity index (χ1n) is 9.65. The molecule has 1 aliphatic rings. The number of phenols is 1. The molecule has 6 heteroatoms. The Bertz CT molecular complexity index is 1070. The summed E-state index contributed by atoms with van der Waals surface area (Å²) < 4.78 is 6.09. The summed E-state index contributed by atoms with van der Waals surface area (Å²) in [6.45, 7) is 4.14. The van der Waals surface area contributed by atoms with Crippen molar-refractivity contribution < 1.29 is 19.7 Å². The molecule has 1 fully saturated rings. The van der Waals surface area contributed by atoms with Crippen LogP contribution in [-0.2, 0) is 4.79 Å². The molecule has 2 aromatic carbocycles. The highest BCUT2D eigenvalue weighted by Crippen LogP contribution is 2.41. The molecule has 3 aromatic rings. The number of carboxylic acid groups (broad SMARTS) is 1. The summed E-state index contributed by atoms with van der Waals surface area (Å²) in [5, 5.41) is 21.5. The number of hydrogen-bond acceptors (Lipinski definition) is 4. The zero-order chi connectivity index (χ0) is 20.7. The number of benzene rings is 2. The highest BCUT2D eigenvalue weighted by atomic mass is 35.5. The average Bonchev–Trinajstić information content (AvgIpc) is 2.64. The van der Waals surface area contributed by atoms with Crippen LogP contribution < -0.4 is 4.74 Å². The van der Waals surface area contributed by atoms with Gasteiger partial charge in [0.1, 0.15) is 11.9 Å². The second-order valence-corrected chi connectivity index (χ2v) is 8.25. The molecule has 2 N–H and O–H groups in total. The molecule has 1 saturated carbocycles. The molecule has 0 spiro atoms. The second-order valence-electron chi connectivity index (χ2n) is 7.82. The number of rotatable bonds is 5. The minimum absolute atomic E-state index is 0.125. The Hall–Kier alpha value is -2.79. The van der Waals surface area contributed by atoms with Gasteiger partial charge in [0.25, 0.3) is 0 Å². The molecule has 0 bridgehead atoms. The maximum atomic E-state index is 11.1. The van der Waals surface area contributed by atoms with E-state index in [1.807, 2.05) is 30.3 Å². The number of carbonyl (C=O) groups is 1. The van der Waals surface area contributed by atoms with E-state index in [0.717, 1.165) is 22.2 Å². The van der Waals surface area contributed by atoms with Gasteiger partial charge in [0.15, 0.2) is 0 Å². The summed E-state index contributed by atoms with van der Waals surface area (Å²) in [6.07, 6.45) is 0.746. The molecule has 0 radical (unpaired) electrons. The monoisotopic (exact) mass is 411 g/mol. The summed E-state index contributed by atoms with van der Waals surface area (Å²) in [7, 11) is 0. The largest absolute Gasteiger partial charge is 0.508 e. The van der Waals surface area contributed by atoms with Gasteiger partial charge in [-0.05, 0) is 60.0 Å². The van der Waals surface area contributed by atoms with Crippen molar-refractivity contribution in [3.05, 3.63) is 53.2 Å². The number of halogens is 1. The predicted octanol–water partition coefficient (Wildman–Crippen LogP) is 5.63. The van der Waals surface area contributed by atoms with Crippen LogP contribution in [0.4, 0.5) is 0 Å². The Kier molecular flexibility index (Phi) is 5.09. The van der Waals surface area contributed by atoms with Gasteiger partial charge < -0.3 is 14.9 Å². The summed E-state index contributed by atoms with van der Waals surface area (Å²) in [5.74, 6) is -0.458. The Morgan fingerprint density at radius 2 is 1.83 bits per heavy atom. The predicted molar refractivity (Wildman–Crippen MR) is 113 cm³/mol.